The zero-order valence-corrected chi connectivity index (χ0v) is 12.4. The molecule has 0 amide bonds. The predicted octanol–water partition coefficient (Wildman–Crippen LogP) is 4.68. The highest BCUT2D eigenvalue weighted by Crippen LogP contribution is 2.32. The predicted molar refractivity (Wildman–Crippen MR) is 76.4 cm³/mol. The highest BCUT2D eigenvalue weighted by molar-refractivity contribution is 9.10. The molecule has 0 atom stereocenters. The van der Waals surface area contributed by atoms with E-state index in [1.807, 2.05) is 10.8 Å². The van der Waals surface area contributed by atoms with Gasteiger partial charge in [0.2, 0.25) is 5.78 Å². The first kappa shape index (κ1) is 11.6. The number of carbonyl (C=O) groups excluding carboxylic acids is 1. The summed E-state index contributed by atoms with van der Waals surface area (Å²) in [6.45, 7) is 0. The second kappa shape index (κ2) is 4.67. The Morgan fingerprint density at radius 2 is 2.06 bits per heavy atom. The SMILES string of the molecule is O=C(c1cc2c(s1)CCCC2)c1cscc1Br. The van der Waals surface area contributed by atoms with Crippen molar-refractivity contribution in [2.75, 3.05) is 0 Å². The largest absolute Gasteiger partial charge is 0.288 e. The standard InChI is InChI=1S/C13H11BrOS2/c14-10-7-16-6-9(10)13(15)12-5-8-3-1-2-4-11(8)17-12/h5-7H,1-4H2. The highest BCUT2D eigenvalue weighted by atomic mass is 79.9. The van der Waals surface area contributed by atoms with Gasteiger partial charge in [-0.1, -0.05) is 0 Å². The molecule has 1 nitrogen and oxygen atoms in total. The molecule has 17 heavy (non-hydrogen) atoms. The van der Waals surface area contributed by atoms with Crippen LogP contribution in [0.5, 0.6) is 0 Å². The maximum Gasteiger partial charge on any atom is 0.204 e. The molecule has 0 fully saturated rings. The number of hydrogen-bond donors (Lipinski definition) is 0. The Hall–Kier alpha value is -0.450. The van der Waals surface area contributed by atoms with Crippen LogP contribution in [0.25, 0.3) is 0 Å². The molecule has 2 aromatic rings. The minimum atomic E-state index is 0.164. The molecule has 1 aliphatic rings. The molecule has 4 heteroatoms. The molecule has 3 rings (SSSR count). The molecule has 0 bridgehead atoms. The van der Waals surface area contributed by atoms with E-state index in [-0.39, 0.29) is 5.78 Å². The van der Waals surface area contributed by atoms with Crippen molar-refractivity contribution >= 4 is 44.4 Å². The molecule has 0 aromatic carbocycles. The monoisotopic (exact) mass is 326 g/mol. The molecule has 0 saturated carbocycles. The first-order valence-electron chi connectivity index (χ1n) is 5.63. The fourth-order valence-corrected chi connectivity index (χ4v) is 4.84. The van der Waals surface area contributed by atoms with Crippen LogP contribution in [-0.2, 0) is 12.8 Å². The van der Waals surface area contributed by atoms with Gasteiger partial charge in [0.15, 0.2) is 0 Å². The minimum absolute atomic E-state index is 0.164. The summed E-state index contributed by atoms with van der Waals surface area (Å²) in [5.41, 5.74) is 2.20. The van der Waals surface area contributed by atoms with Crippen molar-refractivity contribution in [3.63, 3.8) is 0 Å². The summed E-state index contributed by atoms with van der Waals surface area (Å²) in [6, 6.07) is 2.10. The van der Waals surface area contributed by atoms with E-state index >= 15 is 0 Å². The van der Waals surface area contributed by atoms with Crippen LogP contribution in [0.2, 0.25) is 0 Å². The van der Waals surface area contributed by atoms with Gasteiger partial charge in [-0.05, 0) is 53.2 Å². The summed E-state index contributed by atoms with van der Waals surface area (Å²) < 4.78 is 0.916. The molecule has 0 unspecified atom stereocenters. The van der Waals surface area contributed by atoms with Crippen LogP contribution in [0.15, 0.2) is 21.3 Å². The van der Waals surface area contributed by atoms with Crippen molar-refractivity contribution in [1.29, 1.82) is 0 Å². The number of rotatable bonds is 2. The fraction of sp³-hybridized carbons (Fsp3) is 0.308. The van der Waals surface area contributed by atoms with E-state index in [1.165, 1.54) is 23.3 Å². The van der Waals surface area contributed by atoms with E-state index in [1.54, 1.807) is 22.7 Å². The first-order valence-corrected chi connectivity index (χ1v) is 8.19. The Morgan fingerprint density at radius 1 is 1.24 bits per heavy atom. The highest BCUT2D eigenvalue weighted by Gasteiger charge is 2.20. The molecule has 2 aromatic heterocycles. The van der Waals surface area contributed by atoms with E-state index in [4.69, 9.17) is 0 Å². The lowest BCUT2D eigenvalue weighted by Crippen LogP contribution is -1.97. The smallest absolute Gasteiger partial charge is 0.204 e. The molecule has 0 saturated heterocycles. The molecular formula is C13H11BrOS2. The zero-order valence-electron chi connectivity index (χ0n) is 9.16. The number of aryl methyl sites for hydroxylation is 2. The van der Waals surface area contributed by atoms with E-state index in [2.05, 4.69) is 22.0 Å². The number of halogens is 1. The quantitative estimate of drug-likeness (QED) is 0.732. The maximum absolute atomic E-state index is 12.3. The number of hydrogen-bond acceptors (Lipinski definition) is 3. The normalized spacial score (nSPS) is 14.6. The Balaban J connectivity index is 1.97. The molecule has 0 spiro atoms. The Kier molecular flexibility index (Phi) is 3.19. The third-order valence-corrected chi connectivity index (χ3v) is 6.02. The topological polar surface area (TPSA) is 17.1 Å². The lowest BCUT2D eigenvalue weighted by Gasteiger charge is -2.08. The molecule has 0 radical (unpaired) electrons. The van der Waals surface area contributed by atoms with Crippen LogP contribution in [0.3, 0.4) is 0 Å². The van der Waals surface area contributed by atoms with Crippen LogP contribution in [0.1, 0.15) is 38.5 Å². The van der Waals surface area contributed by atoms with Crippen molar-refractivity contribution in [3.05, 3.63) is 42.2 Å². The summed E-state index contributed by atoms with van der Waals surface area (Å²) >= 11 is 6.68. The molecule has 88 valence electrons. The minimum Gasteiger partial charge on any atom is -0.288 e. The van der Waals surface area contributed by atoms with Gasteiger partial charge in [0.05, 0.1) is 4.88 Å². The van der Waals surface area contributed by atoms with Gasteiger partial charge in [0.1, 0.15) is 0 Å². The van der Waals surface area contributed by atoms with Gasteiger partial charge in [-0.25, -0.2) is 0 Å². The average molecular weight is 327 g/mol. The number of fused-ring (bicyclic) bond motifs is 1. The van der Waals surface area contributed by atoms with Crippen molar-refractivity contribution < 1.29 is 4.79 Å². The van der Waals surface area contributed by atoms with E-state index in [9.17, 15) is 4.79 Å². The summed E-state index contributed by atoms with van der Waals surface area (Å²) in [5.74, 6) is 0.164. The van der Waals surface area contributed by atoms with Gasteiger partial charge >= 0.3 is 0 Å². The number of carbonyl (C=O) groups is 1. The number of ketones is 1. The van der Waals surface area contributed by atoms with Crippen LogP contribution in [0, 0.1) is 0 Å². The van der Waals surface area contributed by atoms with E-state index < -0.39 is 0 Å². The molecule has 0 N–H and O–H groups in total. The van der Waals surface area contributed by atoms with Crippen LogP contribution in [0.4, 0.5) is 0 Å². The second-order valence-electron chi connectivity index (χ2n) is 4.23. The lowest BCUT2D eigenvalue weighted by atomic mass is 9.99. The third kappa shape index (κ3) is 2.14. The summed E-state index contributed by atoms with van der Waals surface area (Å²) in [6.07, 6.45) is 4.82. The van der Waals surface area contributed by atoms with Crippen molar-refractivity contribution in [3.8, 4) is 0 Å². The maximum atomic E-state index is 12.3. The van der Waals surface area contributed by atoms with Gasteiger partial charge in [0.25, 0.3) is 0 Å². The average Bonchev–Trinajstić information content (AvgIpc) is 2.93. The third-order valence-electron chi connectivity index (χ3n) is 3.08. The Morgan fingerprint density at radius 3 is 2.76 bits per heavy atom. The van der Waals surface area contributed by atoms with Crippen molar-refractivity contribution in [1.82, 2.24) is 0 Å². The van der Waals surface area contributed by atoms with Gasteiger partial charge in [-0.15, -0.1) is 11.3 Å². The van der Waals surface area contributed by atoms with Gasteiger partial charge in [-0.2, -0.15) is 11.3 Å². The molecular weight excluding hydrogens is 316 g/mol. The van der Waals surface area contributed by atoms with Gasteiger partial charge in [-0.3, -0.25) is 4.79 Å². The van der Waals surface area contributed by atoms with Gasteiger partial charge in [0, 0.05) is 25.7 Å². The van der Waals surface area contributed by atoms with Crippen molar-refractivity contribution in [2.24, 2.45) is 0 Å². The number of thiophene rings is 2. The van der Waals surface area contributed by atoms with Crippen LogP contribution in [-0.4, -0.2) is 5.78 Å². The van der Waals surface area contributed by atoms with Gasteiger partial charge < -0.3 is 0 Å². The lowest BCUT2D eigenvalue weighted by molar-refractivity contribution is 0.104. The molecule has 2 heterocycles. The summed E-state index contributed by atoms with van der Waals surface area (Å²) in [7, 11) is 0. The second-order valence-corrected chi connectivity index (χ2v) is 6.96. The summed E-state index contributed by atoms with van der Waals surface area (Å²) in [5, 5.41) is 3.88. The van der Waals surface area contributed by atoms with E-state index in [0.29, 0.717) is 0 Å². The van der Waals surface area contributed by atoms with Crippen molar-refractivity contribution in [2.45, 2.75) is 25.7 Å². The molecule has 1 aliphatic carbocycles. The fourth-order valence-electron chi connectivity index (χ4n) is 2.18. The Labute approximate surface area is 117 Å². The Bertz CT molecular complexity index is 544. The van der Waals surface area contributed by atoms with Crippen LogP contribution < -0.4 is 0 Å². The summed E-state index contributed by atoms with van der Waals surface area (Å²) in [4.78, 5) is 14.7. The zero-order chi connectivity index (χ0) is 11.8. The van der Waals surface area contributed by atoms with E-state index in [0.717, 1.165) is 27.8 Å². The van der Waals surface area contributed by atoms with Crippen LogP contribution >= 0.6 is 38.6 Å². The molecule has 0 aliphatic heterocycles. The first-order chi connectivity index (χ1) is 8.25.